The summed E-state index contributed by atoms with van der Waals surface area (Å²) in [5, 5.41) is 17.0. The molecule has 3 aromatic rings. The number of benzene rings is 3. The van der Waals surface area contributed by atoms with Gasteiger partial charge in [-0.2, -0.15) is 10.1 Å². The van der Waals surface area contributed by atoms with Crippen molar-refractivity contribution in [1.29, 1.82) is 0 Å². The van der Waals surface area contributed by atoms with Crippen molar-refractivity contribution in [2.24, 2.45) is 5.10 Å². The highest BCUT2D eigenvalue weighted by Gasteiger charge is 2.34. The smallest absolute Gasteiger partial charge is 0.282 e. The van der Waals surface area contributed by atoms with E-state index in [0.29, 0.717) is 10.8 Å². The Labute approximate surface area is 178 Å². The van der Waals surface area contributed by atoms with Crippen LogP contribution >= 0.6 is 0 Å². The van der Waals surface area contributed by atoms with Gasteiger partial charge in [0, 0.05) is 36.3 Å². The molecule has 1 heterocycles. The van der Waals surface area contributed by atoms with E-state index in [-0.39, 0.29) is 16.8 Å². The van der Waals surface area contributed by atoms with Crippen molar-refractivity contribution in [3.05, 3.63) is 81.4 Å². The molecule has 1 aliphatic heterocycles. The molecule has 0 N–H and O–H groups in total. The van der Waals surface area contributed by atoms with Gasteiger partial charge in [0.2, 0.25) is 0 Å². The molecule has 0 fully saturated rings. The number of anilines is 1. The molecule has 8 heteroatoms. The van der Waals surface area contributed by atoms with Gasteiger partial charge in [-0.15, -0.1) is 0 Å². The average Bonchev–Trinajstić information content (AvgIpc) is 2.78. The summed E-state index contributed by atoms with van der Waals surface area (Å²) < 4.78 is 0. The molecule has 0 radical (unpaired) electrons. The maximum Gasteiger partial charge on any atom is 0.282 e. The molecular weight excluding hydrogens is 396 g/mol. The molecule has 0 aromatic heterocycles. The summed E-state index contributed by atoms with van der Waals surface area (Å²) in [4.78, 5) is 38.8. The molecule has 4 rings (SSSR count). The molecule has 0 atom stereocenters. The number of hydrazone groups is 1. The number of nitro groups is 1. The summed E-state index contributed by atoms with van der Waals surface area (Å²) in [6, 6.07) is 15.0. The second-order valence-electron chi connectivity index (χ2n) is 7.08. The van der Waals surface area contributed by atoms with E-state index in [2.05, 4.69) is 23.8 Å². The van der Waals surface area contributed by atoms with Gasteiger partial charge in [-0.3, -0.25) is 19.7 Å². The third kappa shape index (κ3) is 3.52. The molecule has 0 bridgehead atoms. The van der Waals surface area contributed by atoms with Crippen molar-refractivity contribution in [3.63, 3.8) is 0 Å². The highest BCUT2D eigenvalue weighted by molar-refractivity contribution is 6.25. The lowest BCUT2D eigenvalue weighted by Crippen LogP contribution is -2.36. The predicted octanol–water partition coefficient (Wildman–Crippen LogP) is 4.22. The zero-order valence-electron chi connectivity index (χ0n) is 17.1. The summed E-state index contributed by atoms with van der Waals surface area (Å²) in [6.45, 7) is 5.93. The minimum atomic E-state index is -0.687. The Hall–Kier alpha value is -4.07. The van der Waals surface area contributed by atoms with Crippen LogP contribution in [0.4, 0.5) is 11.4 Å². The van der Waals surface area contributed by atoms with Crippen LogP contribution in [0.3, 0.4) is 0 Å². The van der Waals surface area contributed by atoms with Crippen LogP contribution in [0.15, 0.2) is 59.7 Å². The summed E-state index contributed by atoms with van der Waals surface area (Å²) in [6.07, 6.45) is 1.43. The molecule has 3 aromatic carbocycles. The average molecular weight is 416 g/mol. The van der Waals surface area contributed by atoms with E-state index in [4.69, 9.17) is 0 Å². The van der Waals surface area contributed by atoms with E-state index in [1.165, 1.54) is 18.3 Å². The summed E-state index contributed by atoms with van der Waals surface area (Å²) in [7, 11) is 0. The predicted molar refractivity (Wildman–Crippen MR) is 119 cm³/mol. The Balaban J connectivity index is 1.69. The van der Waals surface area contributed by atoms with Gasteiger partial charge in [-0.25, -0.2) is 0 Å². The van der Waals surface area contributed by atoms with Crippen molar-refractivity contribution in [2.75, 3.05) is 18.0 Å². The van der Waals surface area contributed by atoms with E-state index >= 15 is 0 Å². The number of rotatable bonds is 6. The molecule has 2 amide bonds. The molecule has 8 nitrogen and oxygen atoms in total. The van der Waals surface area contributed by atoms with Gasteiger partial charge in [0.15, 0.2) is 0 Å². The first-order valence-corrected chi connectivity index (χ1v) is 9.93. The van der Waals surface area contributed by atoms with Crippen LogP contribution in [0.2, 0.25) is 0 Å². The number of non-ortho nitro benzene ring substituents is 1. The Morgan fingerprint density at radius 2 is 1.68 bits per heavy atom. The third-order valence-electron chi connectivity index (χ3n) is 5.36. The van der Waals surface area contributed by atoms with E-state index in [1.54, 1.807) is 18.2 Å². The molecule has 0 saturated carbocycles. The van der Waals surface area contributed by atoms with Crippen LogP contribution < -0.4 is 4.90 Å². The van der Waals surface area contributed by atoms with Gasteiger partial charge >= 0.3 is 0 Å². The lowest BCUT2D eigenvalue weighted by atomic mass is 9.94. The molecule has 0 aliphatic carbocycles. The molecule has 1 aliphatic rings. The first-order chi connectivity index (χ1) is 14.9. The number of nitrogens with zero attached hydrogens (tertiary/aromatic N) is 4. The fraction of sp³-hybridized carbons (Fsp3) is 0.174. The van der Waals surface area contributed by atoms with Gasteiger partial charge in [0.05, 0.1) is 22.3 Å². The number of hydrogen-bond donors (Lipinski definition) is 0. The zero-order valence-corrected chi connectivity index (χ0v) is 17.1. The Morgan fingerprint density at radius 1 is 1.00 bits per heavy atom. The minimum absolute atomic E-state index is 0.0911. The van der Waals surface area contributed by atoms with Crippen molar-refractivity contribution >= 4 is 40.2 Å². The summed E-state index contributed by atoms with van der Waals surface area (Å²) in [5.74, 6) is -1.25. The molecule has 0 saturated heterocycles. The molecule has 31 heavy (non-hydrogen) atoms. The number of carbonyl (C=O) groups is 2. The molecule has 0 spiro atoms. The van der Waals surface area contributed by atoms with E-state index in [9.17, 15) is 19.7 Å². The van der Waals surface area contributed by atoms with Crippen LogP contribution in [0.5, 0.6) is 0 Å². The maximum absolute atomic E-state index is 13.0. The summed E-state index contributed by atoms with van der Waals surface area (Å²) in [5.41, 5.74) is 1.96. The van der Waals surface area contributed by atoms with Crippen LogP contribution in [0.25, 0.3) is 10.8 Å². The fourth-order valence-electron chi connectivity index (χ4n) is 3.77. The standard InChI is InChI=1S/C23H20N4O4/c1-3-25(4-2)17-10-8-15(9-11-17)14-24-26-22(28)19-7-5-6-16-12-18(27(30)31)13-20(21(16)19)23(26)29/h5-14H,3-4H2,1-2H3. The van der Waals surface area contributed by atoms with Crippen molar-refractivity contribution < 1.29 is 14.5 Å². The minimum Gasteiger partial charge on any atom is -0.372 e. The van der Waals surface area contributed by atoms with Crippen molar-refractivity contribution in [1.82, 2.24) is 5.01 Å². The lowest BCUT2D eigenvalue weighted by molar-refractivity contribution is -0.384. The van der Waals surface area contributed by atoms with Gasteiger partial charge in [-0.05, 0) is 43.0 Å². The Bertz CT molecular complexity index is 1230. The second-order valence-corrected chi connectivity index (χ2v) is 7.08. The van der Waals surface area contributed by atoms with Crippen molar-refractivity contribution in [3.8, 4) is 0 Å². The van der Waals surface area contributed by atoms with Gasteiger partial charge in [0.1, 0.15) is 0 Å². The number of amides is 2. The van der Waals surface area contributed by atoms with Crippen LogP contribution in [0, 0.1) is 10.1 Å². The van der Waals surface area contributed by atoms with Crippen LogP contribution in [0.1, 0.15) is 40.1 Å². The highest BCUT2D eigenvalue weighted by Crippen LogP contribution is 2.33. The van der Waals surface area contributed by atoms with E-state index in [1.807, 2.05) is 24.3 Å². The number of carbonyl (C=O) groups excluding carboxylic acids is 2. The third-order valence-corrected chi connectivity index (χ3v) is 5.36. The van der Waals surface area contributed by atoms with E-state index in [0.717, 1.165) is 29.3 Å². The lowest BCUT2D eigenvalue weighted by Gasteiger charge is -2.23. The Morgan fingerprint density at radius 3 is 2.32 bits per heavy atom. The quantitative estimate of drug-likeness (QED) is 0.259. The van der Waals surface area contributed by atoms with Crippen LogP contribution in [-0.2, 0) is 0 Å². The zero-order chi connectivity index (χ0) is 22.1. The molecule has 0 unspecified atom stereocenters. The molecule has 156 valence electrons. The highest BCUT2D eigenvalue weighted by atomic mass is 16.6. The van der Waals surface area contributed by atoms with Gasteiger partial charge < -0.3 is 4.90 Å². The first-order valence-electron chi connectivity index (χ1n) is 9.93. The number of imide groups is 1. The SMILES string of the molecule is CCN(CC)c1ccc(C=NN2C(=O)c3cccc4cc([N+](=O)[O-])cc(c34)C2=O)cc1. The van der Waals surface area contributed by atoms with Gasteiger partial charge in [0.25, 0.3) is 17.5 Å². The van der Waals surface area contributed by atoms with Crippen LogP contribution in [-0.4, -0.2) is 41.1 Å². The second kappa shape index (κ2) is 7.98. The van der Waals surface area contributed by atoms with E-state index < -0.39 is 16.7 Å². The number of nitro benzene ring substituents is 1. The van der Waals surface area contributed by atoms with Crippen molar-refractivity contribution in [2.45, 2.75) is 13.8 Å². The Kier molecular flexibility index (Phi) is 5.21. The summed E-state index contributed by atoms with van der Waals surface area (Å²) >= 11 is 0. The topological polar surface area (TPSA) is 96.1 Å². The maximum atomic E-state index is 13.0. The van der Waals surface area contributed by atoms with Gasteiger partial charge in [-0.1, -0.05) is 24.3 Å². The largest absolute Gasteiger partial charge is 0.372 e. The normalized spacial score (nSPS) is 13.3. The number of hydrogen-bond acceptors (Lipinski definition) is 6. The fourth-order valence-corrected chi connectivity index (χ4v) is 3.77. The monoisotopic (exact) mass is 416 g/mol. The molecular formula is C23H20N4O4. The first kappa shape index (κ1) is 20.2.